The van der Waals surface area contributed by atoms with Gasteiger partial charge in [-0.25, -0.2) is 0 Å². The van der Waals surface area contributed by atoms with Gasteiger partial charge in [0.25, 0.3) is 0 Å². The van der Waals surface area contributed by atoms with Gasteiger partial charge < -0.3 is 5.11 Å². The molecule has 1 atom stereocenters. The van der Waals surface area contributed by atoms with E-state index in [0.29, 0.717) is 10.0 Å². The van der Waals surface area contributed by atoms with Gasteiger partial charge in [0.05, 0.1) is 0 Å². The third-order valence-electron chi connectivity index (χ3n) is 3.70. The monoisotopic (exact) mass is 454 g/mol. The van der Waals surface area contributed by atoms with E-state index in [1.165, 1.54) is 18.2 Å². The number of Topliss-reactive ketones (excluding diaryl/α,β-unsaturated/α-hetero) is 1. The summed E-state index contributed by atoms with van der Waals surface area (Å²) in [5, 5.41) is 10.1. The lowest BCUT2D eigenvalue weighted by molar-refractivity contribution is -0.255. The van der Waals surface area contributed by atoms with Gasteiger partial charge >= 0.3 is 6.18 Å². The maximum atomic E-state index is 13.6. The van der Waals surface area contributed by atoms with Crippen molar-refractivity contribution in [1.29, 1.82) is 0 Å². The molecule has 0 spiro atoms. The molecule has 0 heterocycles. The van der Waals surface area contributed by atoms with E-state index in [1.54, 1.807) is 13.0 Å². The van der Waals surface area contributed by atoms with Crippen molar-refractivity contribution >= 4 is 44.9 Å². The molecule has 0 fully saturated rings. The number of carbonyl (C=O) groups is 1. The number of aliphatic hydroxyl groups is 1. The molecule has 0 aliphatic carbocycles. The number of carbonyl (C=O) groups excluding carboxylic acids is 1. The molecule has 2 rings (SSSR count). The van der Waals surface area contributed by atoms with Crippen LogP contribution in [0.1, 0.15) is 16.7 Å². The van der Waals surface area contributed by atoms with E-state index in [2.05, 4.69) is 15.9 Å². The Morgan fingerprint density at radius 3 is 2.16 bits per heavy atom. The van der Waals surface area contributed by atoms with Crippen molar-refractivity contribution in [2.24, 2.45) is 0 Å². The minimum atomic E-state index is -5.24. The molecule has 0 saturated carbocycles. The van der Waals surface area contributed by atoms with E-state index in [0.717, 1.165) is 17.7 Å². The zero-order chi connectivity index (χ0) is 19.0. The van der Waals surface area contributed by atoms with Crippen molar-refractivity contribution < 1.29 is 23.1 Å². The van der Waals surface area contributed by atoms with Crippen LogP contribution >= 0.6 is 39.1 Å². The highest BCUT2D eigenvalue weighted by Gasteiger charge is 2.60. The van der Waals surface area contributed by atoms with Gasteiger partial charge in [-0.2, -0.15) is 13.2 Å². The van der Waals surface area contributed by atoms with Gasteiger partial charge in [-0.15, -0.1) is 0 Å². The zero-order valence-electron chi connectivity index (χ0n) is 12.8. The van der Waals surface area contributed by atoms with Crippen LogP contribution in [0.4, 0.5) is 13.2 Å². The second-order valence-corrected chi connectivity index (χ2v) is 7.28. The summed E-state index contributed by atoms with van der Waals surface area (Å²) in [6.07, 6.45) is -5.85. The first-order valence-electron chi connectivity index (χ1n) is 6.99. The van der Waals surface area contributed by atoms with Crippen LogP contribution in [0.25, 0.3) is 0 Å². The summed E-state index contributed by atoms with van der Waals surface area (Å²) >= 11 is 14.7. The van der Waals surface area contributed by atoms with Gasteiger partial charge in [-0.3, -0.25) is 4.79 Å². The Kier molecular flexibility index (Phi) is 5.88. The Morgan fingerprint density at radius 1 is 1.12 bits per heavy atom. The SMILES string of the molecule is Cc1ccc(CC(=O)C(O)(c2cc(Cl)cc(Cl)c2)C(F)(F)F)cc1Br. The molecule has 0 radical (unpaired) electrons. The number of rotatable bonds is 4. The van der Waals surface area contributed by atoms with E-state index < -0.39 is 29.5 Å². The number of hydrogen-bond acceptors (Lipinski definition) is 2. The average molecular weight is 456 g/mol. The lowest BCUT2D eigenvalue weighted by Gasteiger charge is -2.30. The molecule has 0 saturated heterocycles. The standard InChI is InChI=1S/C17H12BrCl2F3O2/c1-9-2-3-10(4-14(9)18)5-15(24)16(25,17(21,22)23)11-6-12(19)8-13(20)7-11/h2-4,6-8,25H,5H2,1H3. The molecule has 134 valence electrons. The summed E-state index contributed by atoms with van der Waals surface area (Å²) in [5.74, 6) is -1.42. The number of hydrogen-bond donors (Lipinski definition) is 1. The van der Waals surface area contributed by atoms with Crippen LogP contribution in [-0.2, 0) is 16.8 Å². The minimum Gasteiger partial charge on any atom is -0.370 e. The Hall–Kier alpha value is -1.08. The number of aryl methyl sites for hydroxylation is 1. The summed E-state index contributed by atoms with van der Waals surface area (Å²) in [6, 6.07) is 7.70. The first kappa shape index (κ1) is 20.2. The predicted molar refractivity (Wildman–Crippen MR) is 94.0 cm³/mol. The number of alkyl halides is 3. The van der Waals surface area contributed by atoms with Crippen molar-refractivity contribution in [3.63, 3.8) is 0 Å². The van der Waals surface area contributed by atoms with Crippen LogP contribution in [0.15, 0.2) is 40.9 Å². The summed E-state index contributed by atoms with van der Waals surface area (Å²) in [4.78, 5) is 12.4. The molecule has 2 aromatic rings. The molecular formula is C17H12BrCl2F3O2. The van der Waals surface area contributed by atoms with Crippen molar-refractivity contribution in [1.82, 2.24) is 0 Å². The summed E-state index contributed by atoms with van der Waals surface area (Å²) in [5.41, 5.74) is -3.23. The molecule has 0 amide bonds. The largest absolute Gasteiger partial charge is 0.428 e. The van der Waals surface area contributed by atoms with Crippen LogP contribution in [0.2, 0.25) is 10.0 Å². The fourth-order valence-electron chi connectivity index (χ4n) is 2.31. The van der Waals surface area contributed by atoms with Crippen molar-refractivity contribution in [2.75, 3.05) is 0 Å². The molecule has 2 aromatic carbocycles. The Bertz CT molecular complexity index is 804. The van der Waals surface area contributed by atoms with Gasteiger partial charge in [0.2, 0.25) is 5.60 Å². The Balaban J connectivity index is 2.49. The van der Waals surface area contributed by atoms with Crippen LogP contribution in [0, 0.1) is 6.92 Å². The second kappa shape index (κ2) is 7.27. The number of halogens is 6. The molecule has 0 aromatic heterocycles. The molecule has 0 bridgehead atoms. The number of ketones is 1. The first-order chi connectivity index (χ1) is 11.4. The molecule has 0 aliphatic heterocycles. The molecule has 25 heavy (non-hydrogen) atoms. The smallest absolute Gasteiger partial charge is 0.370 e. The molecular weight excluding hydrogens is 444 g/mol. The van der Waals surface area contributed by atoms with Crippen LogP contribution in [0.3, 0.4) is 0 Å². The van der Waals surface area contributed by atoms with Crippen molar-refractivity contribution in [2.45, 2.75) is 25.1 Å². The normalized spacial score (nSPS) is 14.2. The summed E-state index contributed by atoms with van der Waals surface area (Å²) in [7, 11) is 0. The van der Waals surface area contributed by atoms with E-state index >= 15 is 0 Å². The first-order valence-corrected chi connectivity index (χ1v) is 8.54. The third-order valence-corrected chi connectivity index (χ3v) is 4.99. The maximum Gasteiger partial charge on any atom is 0.428 e. The van der Waals surface area contributed by atoms with E-state index in [-0.39, 0.29) is 10.0 Å². The highest BCUT2D eigenvalue weighted by molar-refractivity contribution is 9.10. The third kappa shape index (κ3) is 4.19. The Labute approximate surface area is 160 Å². The maximum absolute atomic E-state index is 13.6. The highest BCUT2D eigenvalue weighted by Crippen LogP contribution is 2.42. The van der Waals surface area contributed by atoms with Crippen molar-refractivity contribution in [3.8, 4) is 0 Å². The molecule has 0 aliphatic rings. The second-order valence-electron chi connectivity index (χ2n) is 5.55. The Morgan fingerprint density at radius 2 is 1.68 bits per heavy atom. The van der Waals surface area contributed by atoms with Gasteiger partial charge in [0.1, 0.15) is 0 Å². The quantitative estimate of drug-likeness (QED) is 0.649. The summed E-state index contributed by atoms with van der Waals surface area (Å²) in [6.45, 7) is 1.80. The van der Waals surface area contributed by atoms with Gasteiger partial charge in [-0.1, -0.05) is 51.3 Å². The van der Waals surface area contributed by atoms with Crippen LogP contribution < -0.4 is 0 Å². The average Bonchev–Trinajstić information content (AvgIpc) is 2.47. The van der Waals surface area contributed by atoms with E-state index in [1.807, 2.05) is 0 Å². The predicted octanol–water partition coefficient (Wildman–Crippen LogP) is 5.63. The fourth-order valence-corrected chi connectivity index (χ4v) is 3.26. The molecule has 2 nitrogen and oxygen atoms in total. The van der Waals surface area contributed by atoms with Crippen LogP contribution in [-0.4, -0.2) is 17.1 Å². The summed E-state index contributed by atoms with van der Waals surface area (Å²) < 4.78 is 41.4. The highest BCUT2D eigenvalue weighted by atomic mass is 79.9. The molecule has 1 unspecified atom stereocenters. The van der Waals surface area contributed by atoms with Gasteiger partial charge in [0.15, 0.2) is 5.78 Å². The lowest BCUT2D eigenvalue weighted by Crippen LogP contribution is -2.50. The minimum absolute atomic E-state index is 0.115. The zero-order valence-corrected chi connectivity index (χ0v) is 15.9. The topological polar surface area (TPSA) is 37.3 Å². The van der Waals surface area contributed by atoms with E-state index in [9.17, 15) is 23.1 Å². The lowest BCUT2D eigenvalue weighted by atomic mass is 9.85. The fraction of sp³-hybridized carbons (Fsp3) is 0.235. The van der Waals surface area contributed by atoms with Crippen LogP contribution in [0.5, 0.6) is 0 Å². The van der Waals surface area contributed by atoms with Gasteiger partial charge in [-0.05, 0) is 42.3 Å². The number of benzene rings is 2. The van der Waals surface area contributed by atoms with Crippen molar-refractivity contribution in [3.05, 3.63) is 67.6 Å². The van der Waals surface area contributed by atoms with Gasteiger partial charge in [0, 0.05) is 26.5 Å². The molecule has 8 heteroatoms. The van der Waals surface area contributed by atoms with E-state index in [4.69, 9.17) is 23.2 Å². The molecule has 1 N–H and O–H groups in total.